The molecule has 13 heavy (non-hydrogen) atoms. The van der Waals surface area contributed by atoms with Gasteiger partial charge >= 0.3 is 0 Å². The smallest absolute Gasteiger partial charge is 0.130 e. The van der Waals surface area contributed by atoms with Gasteiger partial charge in [-0.3, -0.25) is 0 Å². The maximum Gasteiger partial charge on any atom is 0.130 e. The van der Waals surface area contributed by atoms with Gasteiger partial charge in [0.25, 0.3) is 0 Å². The lowest BCUT2D eigenvalue weighted by Crippen LogP contribution is -2.08. The largest absolute Gasteiger partial charge is 0.302 e. The fraction of sp³-hybridized carbons (Fsp3) is 0.364. The highest BCUT2D eigenvalue weighted by atomic mass is 35.5. The molecule has 1 aromatic rings. The molecule has 0 radical (unpaired) electrons. The lowest BCUT2D eigenvalue weighted by Gasteiger charge is -2.10. The van der Waals surface area contributed by atoms with Gasteiger partial charge in [-0.15, -0.1) is 0 Å². The summed E-state index contributed by atoms with van der Waals surface area (Å²) in [6.07, 6.45) is 2.92. The molecule has 1 aliphatic carbocycles. The number of rotatable bonds is 2. The summed E-state index contributed by atoms with van der Waals surface area (Å²) < 4.78 is 0. The van der Waals surface area contributed by atoms with E-state index in [1.54, 1.807) is 0 Å². The molecule has 2 rings (SSSR count). The molecule has 0 bridgehead atoms. The Morgan fingerprint density at radius 3 is 2.69 bits per heavy atom. The minimum Gasteiger partial charge on any atom is -0.302 e. The van der Waals surface area contributed by atoms with E-state index in [2.05, 4.69) is 0 Å². The molecular weight excluding hydrogens is 184 g/mol. The van der Waals surface area contributed by atoms with Crippen molar-refractivity contribution >= 4 is 17.9 Å². The normalized spacial score (nSPS) is 18.3. The van der Waals surface area contributed by atoms with Gasteiger partial charge < -0.3 is 4.79 Å². The third kappa shape index (κ3) is 1.37. The molecule has 0 unspecified atom stereocenters. The van der Waals surface area contributed by atoms with Gasteiger partial charge in [-0.1, -0.05) is 29.3 Å². The monoisotopic (exact) mass is 194 g/mol. The van der Waals surface area contributed by atoms with Crippen LogP contribution < -0.4 is 0 Å². The van der Waals surface area contributed by atoms with Gasteiger partial charge in [0, 0.05) is 5.02 Å². The summed E-state index contributed by atoms with van der Waals surface area (Å²) in [4.78, 5) is 10.9. The molecule has 2 heteroatoms. The van der Waals surface area contributed by atoms with Crippen molar-refractivity contribution in [1.29, 1.82) is 0 Å². The minimum absolute atomic E-state index is 0.247. The predicted octanol–water partition coefficient (Wildman–Crippen LogP) is 2.88. The lowest BCUT2D eigenvalue weighted by molar-refractivity contribution is -0.109. The SMILES string of the molecule is Cc1ccc(Cl)c(C2(C=O)CC2)c1. The molecule has 1 aromatic carbocycles. The molecule has 68 valence electrons. The van der Waals surface area contributed by atoms with Crippen molar-refractivity contribution in [3.63, 3.8) is 0 Å². The van der Waals surface area contributed by atoms with Crippen LogP contribution in [0.1, 0.15) is 24.0 Å². The summed E-state index contributed by atoms with van der Waals surface area (Å²) in [5, 5.41) is 0.718. The Kier molecular flexibility index (Phi) is 1.92. The number of aryl methyl sites for hydroxylation is 1. The van der Waals surface area contributed by atoms with Gasteiger partial charge in [0.2, 0.25) is 0 Å². The third-order valence-corrected chi connectivity index (χ3v) is 3.00. The van der Waals surface area contributed by atoms with E-state index in [0.29, 0.717) is 0 Å². The first-order valence-corrected chi connectivity index (χ1v) is 4.79. The Bertz CT molecular complexity index is 353. The summed E-state index contributed by atoms with van der Waals surface area (Å²) in [5.74, 6) is 0. The number of halogens is 1. The van der Waals surface area contributed by atoms with E-state index >= 15 is 0 Å². The van der Waals surface area contributed by atoms with E-state index in [0.717, 1.165) is 35.3 Å². The predicted molar refractivity (Wildman–Crippen MR) is 53.2 cm³/mol. The van der Waals surface area contributed by atoms with Gasteiger partial charge in [-0.05, 0) is 31.4 Å². The number of hydrogen-bond acceptors (Lipinski definition) is 1. The molecule has 0 aromatic heterocycles. The van der Waals surface area contributed by atoms with E-state index in [-0.39, 0.29) is 5.41 Å². The second-order valence-electron chi connectivity index (χ2n) is 3.76. The number of carbonyl (C=O) groups is 1. The van der Waals surface area contributed by atoms with Crippen LogP contribution in [0.2, 0.25) is 5.02 Å². The zero-order chi connectivity index (χ0) is 9.47. The first-order valence-electron chi connectivity index (χ1n) is 4.41. The van der Waals surface area contributed by atoms with Crippen molar-refractivity contribution in [2.75, 3.05) is 0 Å². The van der Waals surface area contributed by atoms with E-state index in [1.807, 2.05) is 25.1 Å². The van der Waals surface area contributed by atoms with Crippen molar-refractivity contribution in [3.8, 4) is 0 Å². The molecule has 1 nitrogen and oxygen atoms in total. The van der Waals surface area contributed by atoms with Gasteiger partial charge in [0.1, 0.15) is 6.29 Å². The highest BCUT2D eigenvalue weighted by molar-refractivity contribution is 6.31. The van der Waals surface area contributed by atoms with Gasteiger partial charge in [0.05, 0.1) is 5.41 Å². The summed E-state index contributed by atoms with van der Waals surface area (Å²) in [6, 6.07) is 5.85. The molecule has 0 atom stereocenters. The fourth-order valence-electron chi connectivity index (χ4n) is 1.61. The van der Waals surface area contributed by atoms with Crippen molar-refractivity contribution < 1.29 is 4.79 Å². The van der Waals surface area contributed by atoms with Gasteiger partial charge in [0.15, 0.2) is 0 Å². The van der Waals surface area contributed by atoms with Crippen LogP contribution >= 0.6 is 11.6 Å². The molecule has 0 saturated heterocycles. The molecule has 1 saturated carbocycles. The molecule has 1 aliphatic rings. The fourth-order valence-corrected chi connectivity index (χ4v) is 1.91. The summed E-state index contributed by atoms with van der Waals surface area (Å²) in [5.41, 5.74) is 1.92. The molecule has 0 heterocycles. The highest BCUT2D eigenvalue weighted by Crippen LogP contribution is 2.48. The van der Waals surface area contributed by atoms with E-state index < -0.39 is 0 Å². The van der Waals surface area contributed by atoms with Crippen molar-refractivity contribution in [2.45, 2.75) is 25.2 Å². The Hall–Kier alpha value is -0.820. The summed E-state index contributed by atoms with van der Waals surface area (Å²) >= 11 is 6.04. The van der Waals surface area contributed by atoms with Crippen LogP contribution in [0, 0.1) is 6.92 Å². The van der Waals surface area contributed by atoms with Crippen LogP contribution in [0.4, 0.5) is 0 Å². The van der Waals surface area contributed by atoms with Gasteiger partial charge in [-0.25, -0.2) is 0 Å². The van der Waals surface area contributed by atoms with Gasteiger partial charge in [-0.2, -0.15) is 0 Å². The van der Waals surface area contributed by atoms with Crippen molar-refractivity contribution in [3.05, 3.63) is 34.3 Å². The molecule has 0 amide bonds. The maximum atomic E-state index is 10.9. The van der Waals surface area contributed by atoms with Crippen LogP contribution in [0.5, 0.6) is 0 Å². The van der Waals surface area contributed by atoms with Crippen molar-refractivity contribution in [2.24, 2.45) is 0 Å². The Labute approximate surface area is 82.7 Å². The zero-order valence-electron chi connectivity index (χ0n) is 7.51. The molecule has 1 fully saturated rings. The number of benzene rings is 1. The number of aldehydes is 1. The third-order valence-electron chi connectivity index (χ3n) is 2.67. The minimum atomic E-state index is -0.247. The maximum absolute atomic E-state index is 10.9. The Balaban J connectivity index is 2.50. The topological polar surface area (TPSA) is 17.1 Å². The summed E-state index contributed by atoms with van der Waals surface area (Å²) in [6.45, 7) is 2.01. The number of carbonyl (C=O) groups excluding carboxylic acids is 1. The zero-order valence-corrected chi connectivity index (χ0v) is 8.27. The highest BCUT2D eigenvalue weighted by Gasteiger charge is 2.45. The van der Waals surface area contributed by atoms with Crippen LogP contribution in [0.25, 0.3) is 0 Å². The van der Waals surface area contributed by atoms with E-state index in [1.165, 1.54) is 0 Å². The standard InChI is InChI=1S/C11H11ClO/c1-8-2-3-10(12)9(6-8)11(7-13)4-5-11/h2-3,6-7H,4-5H2,1H3. The lowest BCUT2D eigenvalue weighted by atomic mass is 9.96. The van der Waals surface area contributed by atoms with Crippen LogP contribution in [0.3, 0.4) is 0 Å². The van der Waals surface area contributed by atoms with Crippen molar-refractivity contribution in [1.82, 2.24) is 0 Å². The first kappa shape index (κ1) is 8.76. The van der Waals surface area contributed by atoms with Crippen LogP contribution in [-0.4, -0.2) is 6.29 Å². The molecule has 0 spiro atoms. The Morgan fingerprint density at radius 2 is 2.15 bits per heavy atom. The van der Waals surface area contributed by atoms with Crippen LogP contribution in [0.15, 0.2) is 18.2 Å². The molecule has 0 N–H and O–H groups in total. The first-order chi connectivity index (χ1) is 6.18. The average molecular weight is 195 g/mol. The second-order valence-corrected chi connectivity index (χ2v) is 4.16. The average Bonchev–Trinajstić information content (AvgIpc) is 2.90. The quantitative estimate of drug-likeness (QED) is 0.662. The Morgan fingerprint density at radius 1 is 1.46 bits per heavy atom. The summed E-state index contributed by atoms with van der Waals surface area (Å²) in [7, 11) is 0. The molecular formula is C11H11ClO. The number of hydrogen-bond donors (Lipinski definition) is 0. The second kappa shape index (κ2) is 2.85. The molecule has 0 aliphatic heterocycles. The van der Waals surface area contributed by atoms with Crippen LogP contribution in [-0.2, 0) is 10.2 Å². The van der Waals surface area contributed by atoms with E-state index in [9.17, 15) is 4.79 Å². The van der Waals surface area contributed by atoms with E-state index in [4.69, 9.17) is 11.6 Å².